The smallest absolute Gasteiger partial charge is 0.258 e. The van der Waals surface area contributed by atoms with E-state index in [1.54, 1.807) is 18.2 Å². The summed E-state index contributed by atoms with van der Waals surface area (Å²) in [5.41, 5.74) is 0.634. The van der Waals surface area contributed by atoms with Gasteiger partial charge in [0.25, 0.3) is 5.91 Å². The minimum Gasteiger partial charge on any atom is -0.484 e. The lowest BCUT2D eigenvalue weighted by Gasteiger charge is -2.25. The minimum atomic E-state index is -0.593. The number of carbonyl (C=O) groups is 1. The summed E-state index contributed by atoms with van der Waals surface area (Å²) in [6, 6.07) is 5.22. The number of rotatable bonds is 5. The molecule has 0 aromatic heterocycles. The van der Waals surface area contributed by atoms with Crippen LogP contribution in [0.25, 0.3) is 0 Å². The summed E-state index contributed by atoms with van der Waals surface area (Å²) in [5, 5.41) is 13.1. The Balaban J connectivity index is 2.38. The fourth-order valence-corrected chi connectivity index (χ4v) is 1.54. The van der Waals surface area contributed by atoms with Gasteiger partial charge in [-0.3, -0.25) is 4.79 Å². The highest BCUT2D eigenvalue weighted by Gasteiger charge is 2.22. The number of hydrogen-bond donors (Lipinski definition) is 2. The molecule has 0 bridgehead atoms. The molecule has 1 atom stereocenters. The fraction of sp³-hybridized carbons (Fsp3) is 0.533. The molecule has 1 rings (SSSR count). The summed E-state index contributed by atoms with van der Waals surface area (Å²) in [6.07, 6.45) is -0.593. The van der Waals surface area contributed by atoms with Crippen molar-refractivity contribution in [1.29, 1.82) is 0 Å². The van der Waals surface area contributed by atoms with Crippen LogP contribution in [0.1, 0.15) is 26.3 Å². The van der Waals surface area contributed by atoms with Crippen LogP contribution in [0.15, 0.2) is 18.2 Å². The van der Waals surface area contributed by atoms with E-state index in [0.29, 0.717) is 10.8 Å². The number of nitrogens with one attached hydrogen (secondary N) is 1. The monoisotopic (exact) mass is 299 g/mol. The number of benzene rings is 1. The molecule has 0 fully saturated rings. The van der Waals surface area contributed by atoms with Gasteiger partial charge >= 0.3 is 0 Å². The van der Waals surface area contributed by atoms with Crippen molar-refractivity contribution in [3.8, 4) is 5.75 Å². The summed E-state index contributed by atoms with van der Waals surface area (Å²) in [6.45, 7) is 7.74. The van der Waals surface area contributed by atoms with E-state index in [9.17, 15) is 9.90 Å². The number of aryl methyl sites for hydroxylation is 1. The number of aliphatic hydroxyl groups is 1. The lowest BCUT2D eigenvalue weighted by Crippen LogP contribution is -2.40. The second-order valence-electron chi connectivity index (χ2n) is 5.89. The second-order valence-corrected chi connectivity index (χ2v) is 6.29. The number of hydrogen-bond acceptors (Lipinski definition) is 3. The van der Waals surface area contributed by atoms with Crippen LogP contribution in [0.3, 0.4) is 0 Å². The maximum Gasteiger partial charge on any atom is 0.258 e. The van der Waals surface area contributed by atoms with E-state index < -0.39 is 6.10 Å². The molecule has 0 heterocycles. The third-order valence-electron chi connectivity index (χ3n) is 2.99. The maximum atomic E-state index is 11.6. The Kier molecular flexibility index (Phi) is 5.84. The predicted molar refractivity (Wildman–Crippen MR) is 80.2 cm³/mol. The van der Waals surface area contributed by atoms with E-state index in [2.05, 4.69) is 5.32 Å². The average molecular weight is 300 g/mol. The van der Waals surface area contributed by atoms with E-state index >= 15 is 0 Å². The molecule has 1 aromatic rings. The molecule has 0 aliphatic carbocycles. The Morgan fingerprint density at radius 2 is 2.10 bits per heavy atom. The zero-order valence-corrected chi connectivity index (χ0v) is 13.1. The van der Waals surface area contributed by atoms with Gasteiger partial charge in [0.2, 0.25) is 0 Å². The molecule has 1 amide bonds. The summed E-state index contributed by atoms with van der Waals surface area (Å²) >= 11 is 5.91. The topological polar surface area (TPSA) is 58.6 Å². The highest BCUT2D eigenvalue weighted by atomic mass is 35.5. The fourth-order valence-electron chi connectivity index (χ4n) is 1.42. The zero-order chi connectivity index (χ0) is 15.3. The van der Waals surface area contributed by atoms with Crippen LogP contribution < -0.4 is 10.1 Å². The van der Waals surface area contributed by atoms with Gasteiger partial charge in [-0.05, 0) is 36.1 Å². The van der Waals surface area contributed by atoms with Crippen molar-refractivity contribution < 1.29 is 14.6 Å². The Hall–Kier alpha value is -1.26. The van der Waals surface area contributed by atoms with Crippen molar-refractivity contribution in [3.05, 3.63) is 28.8 Å². The first-order valence-electron chi connectivity index (χ1n) is 6.54. The largest absolute Gasteiger partial charge is 0.484 e. The van der Waals surface area contributed by atoms with E-state index in [1.807, 2.05) is 27.7 Å². The Labute approximate surface area is 125 Å². The number of amides is 1. The minimum absolute atomic E-state index is 0.0854. The van der Waals surface area contributed by atoms with Crippen LogP contribution in [0.5, 0.6) is 5.75 Å². The van der Waals surface area contributed by atoms with Crippen LogP contribution in [-0.4, -0.2) is 30.3 Å². The van der Waals surface area contributed by atoms with Crippen molar-refractivity contribution in [2.45, 2.75) is 33.8 Å². The van der Waals surface area contributed by atoms with Gasteiger partial charge in [-0.25, -0.2) is 0 Å². The van der Waals surface area contributed by atoms with E-state index in [4.69, 9.17) is 16.3 Å². The zero-order valence-electron chi connectivity index (χ0n) is 12.4. The molecule has 1 aromatic carbocycles. The summed E-state index contributed by atoms with van der Waals surface area (Å²) in [5.74, 6) is 0.333. The number of halogens is 1. The summed E-state index contributed by atoms with van der Waals surface area (Å²) in [7, 11) is 0. The molecule has 0 aliphatic rings. The first-order chi connectivity index (χ1) is 9.20. The van der Waals surface area contributed by atoms with Crippen LogP contribution in [0.4, 0.5) is 0 Å². The molecule has 20 heavy (non-hydrogen) atoms. The summed E-state index contributed by atoms with van der Waals surface area (Å²) < 4.78 is 5.37. The molecule has 4 nitrogen and oxygen atoms in total. The molecule has 0 radical (unpaired) electrons. The molecule has 2 N–H and O–H groups in total. The molecule has 1 unspecified atom stereocenters. The normalized spacial score (nSPS) is 12.9. The van der Waals surface area contributed by atoms with Crippen molar-refractivity contribution in [2.24, 2.45) is 5.41 Å². The van der Waals surface area contributed by atoms with Crippen molar-refractivity contribution in [2.75, 3.05) is 13.2 Å². The highest BCUT2D eigenvalue weighted by molar-refractivity contribution is 6.31. The van der Waals surface area contributed by atoms with E-state index in [-0.39, 0.29) is 24.5 Å². The molecule has 0 saturated carbocycles. The van der Waals surface area contributed by atoms with Crippen molar-refractivity contribution >= 4 is 17.5 Å². The average Bonchev–Trinajstić information content (AvgIpc) is 2.36. The molecule has 5 heteroatoms. The third-order valence-corrected chi connectivity index (χ3v) is 3.42. The van der Waals surface area contributed by atoms with E-state index in [0.717, 1.165) is 5.56 Å². The standard InChI is InChI=1S/C15H22ClNO3/c1-10-7-11(5-6-12(10)16)20-9-14(19)17-8-13(18)15(2,3)4/h5-7,13,18H,8-9H2,1-4H3,(H,17,19). The number of ether oxygens (including phenoxy) is 1. The second kappa shape index (κ2) is 6.95. The van der Waals surface area contributed by atoms with Gasteiger partial charge in [-0.2, -0.15) is 0 Å². The van der Waals surface area contributed by atoms with Gasteiger partial charge in [0.1, 0.15) is 5.75 Å². The molecule has 0 aliphatic heterocycles. The predicted octanol–water partition coefficient (Wildman–Crippen LogP) is 2.55. The maximum absolute atomic E-state index is 11.6. The van der Waals surface area contributed by atoms with Crippen LogP contribution >= 0.6 is 11.6 Å². The SMILES string of the molecule is Cc1cc(OCC(=O)NCC(O)C(C)(C)C)ccc1Cl. The van der Waals surface area contributed by atoms with Crippen LogP contribution in [0.2, 0.25) is 5.02 Å². The Bertz CT molecular complexity index is 469. The van der Waals surface area contributed by atoms with Gasteiger partial charge < -0.3 is 15.2 Å². The van der Waals surface area contributed by atoms with Gasteiger partial charge in [-0.15, -0.1) is 0 Å². The third kappa shape index (κ3) is 5.39. The molecule has 112 valence electrons. The molecular weight excluding hydrogens is 278 g/mol. The van der Waals surface area contributed by atoms with Gasteiger partial charge in [-0.1, -0.05) is 32.4 Å². The molecule has 0 spiro atoms. The Morgan fingerprint density at radius 3 is 2.65 bits per heavy atom. The van der Waals surface area contributed by atoms with Crippen LogP contribution in [0, 0.1) is 12.3 Å². The molecule has 0 saturated heterocycles. The van der Waals surface area contributed by atoms with Gasteiger partial charge in [0.15, 0.2) is 6.61 Å². The van der Waals surface area contributed by atoms with Crippen LogP contribution in [-0.2, 0) is 4.79 Å². The number of carbonyl (C=O) groups excluding carboxylic acids is 1. The highest BCUT2D eigenvalue weighted by Crippen LogP contribution is 2.21. The summed E-state index contributed by atoms with van der Waals surface area (Å²) in [4.78, 5) is 11.6. The van der Waals surface area contributed by atoms with Crippen molar-refractivity contribution in [1.82, 2.24) is 5.32 Å². The first-order valence-corrected chi connectivity index (χ1v) is 6.91. The lowest BCUT2D eigenvalue weighted by molar-refractivity contribution is -0.123. The number of aliphatic hydroxyl groups excluding tert-OH is 1. The lowest BCUT2D eigenvalue weighted by atomic mass is 9.89. The molecular formula is C15H22ClNO3. The van der Waals surface area contributed by atoms with Crippen molar-refractivity contribution in [3.63, 3.8) is 0 Å². The van der Waals surface area contributed by atoms with E-state index in [1.165, 1.54) is 0 Å². The Morgan fingerprint density at radius 1 is 1.45 bits per heavy atom. The van der Waals surface area contributed by atoms with Gasteiger partial charge in [0, 0.05) is 11.6 Å². The first kappa shape index (κ1) is 16.8. The quantitative estimate of drug-likeness (QED) is 0.878. The van der Waals surface area contributed by atoms with Gasteiger partial charge in [0.05, 0.1) is 6.10 Å².